The standard InChI is InChI=1S/C26H28N2O3S2/c29-26(25(20-10-4-1-5-11-20)32-23-14-8-3-9-15-23)27-21-16-18-24(19-17-21)33(30,31)28-22-12-6-2-7-13-22/h1,3-5,8-11,14-19,22,25,28H,2,6-7,12-13H2,(H,27,29)/t25-/m0/s1. The zero-order chi connectivity index (χ0) is 23.1. The van der Waals surface area contributed by atoms with Crippen molar-refractivity contribution in [3.8, 4) is 0 Å². The lowest BCUT2D eigenvalue weighted by molar-refractivity contribution is -0.115. The minimum absolute atomic E-state index is 0.00442. The van der Waals surface area contributed by atoms with Crippen molar-refractivity contribution in [2.45, 2.75) is 53.2 Å². The number of rotatable bonds is 8. The first-order valence-electron chi connectivity index (χ1n) is 11.2. The molecule has 1 amide bonds. The van der Waals surface area contributed by atoms with Gasteiger partial charge in [-0.15, -0.1) is 11.8 Å². The van der Waals surface area contributed by atoms with E-state index in [-0.39, 0.29) is 16.8 Å². The van der Waals surface area contributed by atoms with Crippen LogP contribution in [0.5, 0.6) is 0 Å². The van der Waals surface area contributed by atoms with Crippen LogP contribution in [0.15, 0.2) is 94.7 Å². The van der Waals surface area contributed by atoms with Crippen LogP contribution >= 0.6 is 11.8 Å². The fraction of sp³-hybridized carbons (Fsp3) is 0.269. The molecular weight excluding hydrogens is 452 g/mol. The Morgan fingerprint density at radius 1 is 0.818 bits per heavy atom. The summed E-state index contributed by atoms with van der Waals surface area (Å²) in [4.78, 5) is 14.4. The maximum atomic E-state index is 13.2. The van der Waals surface area contributed by atoms with Gasteiger partial charge < -0.3 is 5.32 Å². The summed E-state index contributed by atoms with van der Waals surface area (Å²) in [5.74, 6) is -0.161. The highest BCUT2D eigenvalue weighted by molar-refractivity contribution is 8.00. The average molecular weight is 481 g/mol. The molecule has 1 aliphatic carbocycles. The Labute approximate surface area is 200 Å². The van der Waals surface area contributed by atoms with E-state index in [9.17, 15) is 13.2 Å². The summed E-state index contributed by atoms with van der Waals surface area (Å²) in [6.07, 6.45) is 5.04. The van der Waals surface area contributed by atoms with Gasteiger partial charge in [0.2, 0.25) is 15.9 Å². The van der Waals surface area contributed by atoms with E-state index in [0.717, 1.165) is 36.1 Å². The van der Waals surface area contributed by atoms with Crippen LogP contribution in [0.4, 0.5) is 5.69 Å². The number of amides is 1. The summed E-state index contributed by atoms with van der Waals surface area (Å²) in [5, 5.41) is 2.51. The Morgan fingerprint density at radius 3 is 2.06 bits per heavy atom. The second-order valence-corrected chi connectivity index (χ2v) is 11.1. The highest BCUT2D eigenvalue weighted by atomic mass is 32.2. The minimum Gasteiger partial charge on any atom is -0.325 e. The van der Waals surface area contributed by atoms with Gasteiger partial charge in [0.15, 0.2) is 0 Å². The maximum absolute atomic E-state index is 13.2. The van der Waals surface area contributed by atoms with Gasteiger partial charge in [-0.2, -0.15) is 0 Å². The van der Waals surface area contributed by atoms with E-state index in [2.05, 4.69) is 10.0 Å². The van der Waals surface area contributed by atoms with Crippen LogP contribution in [0, 0.1) is 0 Å². The first kappa shape index (κ1) is 23.5. The molecule has 5 nitrogen and oxygen atoms in total. The number of carbonyl (C=O) groups excluding carboxylic acids is 1. The van der Waals surface area contributed by atoms with Gasteiger partial charge in [0.25, 0.3) is 0 Å². The fourth-order valence-corrected chi connectivity index (χ4v) is 6.32. The highest BCUT2D eigenvalue weighted by Gasteiger charge is 2.24. The number of sulfonamides is 1. The quantitative estimate of drug-likeness (QED) is 0.401. The molecule has 7 heteroatoms. The number of nitrogens with one attached hydrogen (secondary N) is 2. The van der Waals surface area contributed by atoms with Gasteiger partial charge in [0.1, 0.15) is 5.25 Å². The number of thioether (sulfide) groups is 1. The first-order chi connectivity index (χ1) is 16.0. The number of hydrogen-bond acceptors (Lipinski definition) is 4. The largest absolute Gasteiger partial charge is 0.325 e. The van der Waals surface area contributed by atoms with Crippen molar-refractivity contribution in [3.05, 3.63) is 90.5 Å². The van der Waals surface area contributed by atoms with Gasteiger partial charge in [-0.1, -0.05) is 67.8 Å². The SMILES string of the molecule is O=C(Nc1ccc(S(=O)(=O)NC2CCCCC2)cc1)[C@@H](Sc1ccccc1)c1ccccc1. The molecule has 0 unspecified atom stereocenters. The third kappa shape index (κ3) is 6.47. The summed E-state index contributed by atoms with van der Waals surface area (Å²) in [7, 11) is -3.57. The topological polar surface area (TPSA) is 75.3 Å². The summed E-state index contributed by atoms with van der Waals surface area (Å²) >= 11 is 1.48. The number of anilines is 1. The van der Waals surface area contributed by atoms with Crippen molar-refractivity contribution >= 4 is 33.4 Å². The van der Waals surface area contributed by atoms with Crippen LogP contribution in [0.2, 0.25) is 0 Å². The Bertz CT molecular complexity index is 1150. The Hall–Kier alpha value is -2.61. The average Bonchev–Trinajstić information content (AvgIpc) is 2.84. The predicted molar refractivity (Wildman–Crippen MR) is 134 cm³/mol. The zero-order valence-corrected chi connectivity index (χ0v) is 19.9. The molecule has 172 valence electrons. The molecule has 3 aromatic rings. The van der Waals surface area contributed by atoms with E-state index in [1.807, 2.05) is 60.7 Å². The molecule has 2 N–H and O–H groups in total. The lowest BCUT2D eigenvalue weighted by Gasteiger charge is -2.22. The number of carbonyl (C=O) groups is 1. The molecule has 0 bridgehead atoms. The van der Waals surface area contributed by atoms with Crippen LogP contribution in [0.3, 0.4) is 0 Å². The van der Waals surface area contributed by atoms with E-state index in [4.69, 9.17) is 0 Å². The summed E-state index contributed by atoms with van der Waals surface area (Å²) in [5.41, 5.74) is 1.46. The van der Waals surface area contributed by atoms with Crippen LogP contribution in [-0.4, -0.2) is 20.4 Å². The Morgan fingerprint density at radius 2 is 1.42 bits per heavy atom. The van der Waals surface area contributed by atoms with E-state index < -0.39 is 15.3 Å². The molecule has 3 aromatic carbocycles. The lowest BCUT2D eigenvalue weighted by atomic mass is 9.96. The molecule has 33 heavy (non-hydrogen) atoms. The highest BCUT2D eigenvalue weighted by Crippen LogP contribution is 2.36. The number of benzene rings is 3. The van der Waals surface area contributed by atoms with E-state index in [1.165, 1.54) is 18.2 Å². The molecule has 0 aliphatic heterocycles. The minimum atomic E-state index is -3.57. The third-order valence-corrected chi connectivity index (χ3v) is 8.50. The van der Waals surface area contributed by atoms with Crippen LogP contribution in [-0.2, 0) is 14.8 Å². The smallest absolute Gasteiger partial charge is 0.242 e. The molecule has 0 aromatic heterocycles. The van der Waals surface area contributed by atoms with Gasteiger partial charge in [-0.25, -0.2) is 13.1 Å². The van der Waals surface area contributed by atoms with Crippen molar-refractivity contribution in [1.29, 1.82) is 0 Å². The lowest BCUT2D eigenvalue weighted by Crippen LogP contribution is -2.36. The molecule has 0 heterocycles. The second-order valence-electron chi connectivity index (χ2n) is 8.19. The third-order valence-electron chi connectivity index (χ3n) is 5.70. The van der Waals surface area contributed by atoms with E-state index in [0.29, 0.717) is 5.69 Å². The molecule has 1 aliphatic rings. The molecular formula is C26H28N2O3S2. The molecule has 1 atom stereocenters. The Kier molecular flexibility index (Phi) is 7.85. The van der Waals surface area contributed by atoms with Gasteiger partial charge in [-0.3, -0.25) is 4.79 Å². The predicted octanol–water partition coefficient (Wildman–Crippen LogP) is 5.77. The summed E-state index contributed by atoms with van der Waals surface area (Å²) in [6, 6.07) is 25.8. The van der Waals surface area contributed by atoms with Crippen LogP contribution in [0.25, 0.3) is 0 Å². The summed E-state index contributed by atoms with van der Waals surface area (Å²) < 4.78 is 28.3. The molecule has 1 saturated carbocycles. The zero-order valence-electron chi connectivity index (χ0n) is 18.3. The van der Waals surface area contributed by atoms with E-state index >= 15 is 0 Å². The molecule has 0 spiro atoms. The van der Waals surface area contributed by atoms with Gasteiger partial charge >= 0.3 is 0 Å². The van der Waals surface area contributed by atoms with Crippen LogP contribution in [0.1, 0.15) is 42.9 Å². The monoisotopic (exact) mass is 480 g/mol. The summed E-state index contributed by atoms with van der Waals surface area (Å²) in [6.45, 7) is 0. The maximum Gasteiger partial charge on any atom is 0.242 e. The normalized spacial score (nSPS) is 15.6. The number of hydrogen-bond donors (Lipinski definition) is 2. The van der Waals surface area contributed by atoms with Crippen molar-refractivity contribution in [2.24, 2.45) is 0 Å². The van der Waals surface area contributed by atoms with Gasteiger partial charge in [0, 0.05) is 16.6 Å². The molecule has 1 fully saturated rings. The van der Waals surface area contributed by atoms with Gasteiger partial charge in [0.05, 0.1) is 4.90 Å². The van der Waals surface area contributed by atoms with Gasteiger partial charge in [-0.05, 0) is 54.8 Å². The van der Waals surface area contributed by atoms with Crippen molar-refractivity contribution in [2.75, 3.05) is 5.32 Å². The molecule has 4 rings (SSSR count). The first-order valence-corrected chi connectivity index (χ1v) is 13.6. The van der Waals surface area contributed by atoms with Crippen molar-refractivity contribution in [3.63, 3.8) is 0 Å². The fourth-order valence-electron chi connectivity index (χ4n) is 3.97. The molecule has 0 radical (unpaired) electrons. The second kappa shape index (κ2) is 11.0. The van der Waals surface area contributed by atoms with Crippen molar-refractivity contribution < 1.29 is 13.2 Å². The van der Waals surface area contributed by atoms with Crippen LogP contribution < -0.4 is 10.0 Å². The molecule has 0 saturated heterocycles. The van der Waals surface area contributed by atoms with Crippen molar-refractivity contribution in [1.82, 2.24) is 4.72 Å². The van der Waals surface area contributed by atoms with E-state index in [1.54, 1.807) is 24.3 Å². The Balaban J connectivity index is 1.46.